The summed E-state index contributed by atoms with van der Waals surface area (Å²) in [4.78, 5) is 0. The van der Waals surface area contributed by atoms with E-state index in [9.17, 15) is 0 Å². The predicted molar refractivity (Wildman–Crippen MR) is 89.7 cm³/mol. The van der Waals surface area contributed by atoms with Crippen LogP contribution in [0.15, 0.2) is 58.2 Å². The van der Waals surface area contributed by atoms with E-state index in [2.05, 4.69) is 32.5 Å². The maximum atomic E-state index is 8.81. The zero-order chi connectivity index (χ0) is 15.2. The first-order valence-corrected chi connectivity index (χ1v) is 7.43. The van der Waals surface area contributed by atoms with Crippen LogP contribution in [0.5, 0.6) is 0 Å². The van der Waals surface area contributed by atoms with Crippen molar-refractivity contribution in [3.8, 4) is 0 Å². The molecule has 2 aromatic rings. The lowest BCUT2D eigenvalue weighted by atomic mass is 10.0. The zero-order valence-electron chi connectivity index (χ0n) is 11.8. The van der Waals surface area contributed by atoms with E-state index in [-0.39, 0.29) is 11.9 Å². The third kappa shape index (κ3) is 4.23. The van der Waals surface area contributed by atoms with Crippen molar-refractivity contribution in [1.29, 1.82) is 0 Å². The highest BCUT2D eigenvalue weighted by Crippen LogP contribution is 2.26. The highest BCUT2D eigenvalue weighted by atomic mass is 79.9. The standard InChI is InChI=1S/C16H18BrN3O/c1-11-9-13(7-8-14(11)17)19-15(10-16(18)20-21)12-5-3-2-4-6-12/h2-9,15,19,21H,10H2,1H3,(H2,18,20). The number of nitrogens with one attached hydrogen (secondary N) is 1. The summed E-state index contributed by atoms with van der Waals surface area (Å²) in [5, 5.41) is 15.3. The Hall–Kier alpha value is -2.01. The van der Waals surface area contributed by atoms with E-state index in [0.29, 0.717) is 6.42 Å². The Morgan fingerprint density at radius 2 is 2.00 bits per heavy atom. The Morgan fingerprint density at radius 1 is 1.29 bits per heavy atom. The van der Waals surface area contributed by atoms with Gasteiger partial charge in [0.05, 0.1) is 6.04 Å². The number of nitrogens with zero attached hydrogens (tertiary/aromatic N) is 1. The average molecular weight is 348 g/mol. The molecule has 4 nitrogen and oxygen atoms in total. The van der Waals surface area contributed by atoms with Crippen molar-refractivity contribution in [3.63, 3.8) is 0 Å². The van der Waals surface area contributed by atoms with Gasteiger partial charge in [0.1, 0.15) is 5.84 Å². The minimum absolute atomic E-state index is 0.0531. The number of hydrogen-bond donors (Lipinski definition) is 3. The Bertz CT molecular complexity index is 629. The molecule has 0 fully saturated rings. The highest BCUT2D eigenvalue weighted by molar-refractivity contribution is 9.10. The van der Waals surface area contributed by atoms with E-state index in [4.69, 9.17) is 10.9 Å². The van der Waals surface area contributed by atoms with Crippen molar-refractivity contribution in [1.82, 2.24) is 0 Å². The van der Waals surface area contributed by atoms with Gasteiger partial charge in [-0.3, -0.25) is 0 Å². The molecule has 2 aromatic carbocycles. The molecule has 0 radical (unpaired) electrons. The van der Waals surface area contributed by atoms with Crippen LogP contribution in [0.1, 0.15) is 23.6 Å². The fourth-order valence-corrected chi connectivity index (χ4v) is 2.37. The fraction of sp³-hybridized carbons (Fsp3) is 0.188. The molecule has 1 atom stereocenters. The lowest BCUT2D eigenvalue weighted by Crippen LogP contribution is -2.21. The van der Waals surface area contributed by atoms with Crippen LogP contribution >= 0.6 is 15.9 Å². The van der Waals surface area contributed by atoms with Crippen molar-refractivity contribution < 1.29 is 5.21 Å². The SMILES string of the molecule is Cc1cc(NC(CC(N)=NO)c2ccccc2)ccc1Br. The van der Waals surface area contributed by atoms with E-state index < -0.39 is 0 Å². The molecule has 0 aromatic heterocycles. The molecule has 0 aliphatic rings. The van der Waals surface area contributed by atoms with Gasteiger partial charge >= 0.3 is 0 Å². The van der Waals surface area contributed by atoms with Crippen LogP contribution in [0, 0.1) is 6.92 Å². The molecular weight excluding hydrogens is 330 g/mol. The molecule has 21 heavy (non-hydrogen) atoms. The van der Waals surface area contributed by atoms with E-state index in [1.807, 2.05) is 49.4 Å². The third-order valence-corrected chi connectivity index (χ3v) is 4.13. The molecule has 0 saturated heterocycles. The number of rotatable bonds is 5. The first kappa shape index (κ1) is 15.4. The fourth-order valence-electron chi connectivity index (χ4n) is 2.12. The van der Waals surface area contributed by atoms with Crippen molar-refractivity contribution in [2.24, 2.45) is 10.9 Å². The molecule has 1 unspecified atom stereocenters. The van der Waals surface area contributed by atoms with Gasteiger partial charge in [0.25, 0.3) is 0 Å². The second-order valence-electron chi connectivity index (χ2n) is 4.87. The summed E-state index contributed by atoms with van der Waals surface area (Å²) in [6, 6.07) is 16.0. The summed E-state index contributed by atoms with van der Waals surface area (Å²) in [5.41, 5.74) is 8.90. The van der Waals surface area contributed by atoms with Crippen LogP contribution in [-0.4, -0.2) is 11.0 Å². The largest absolute Gasteiger partial charge is 0.409 e. The molecule has 5 heteroatoms. The van der Waals surface area contributed by atoms with Gasteiger partial charge in [-0.2, -0.15) is 0 Å². The molecule has 0 bridgehead atoms. The number of nitrogens with two attached hydrogens (primary N) is 1. The van der Waals surface area contributed by atoms with Crippen LogP contribution < -0.4 is 11.1 Å². The molecular formula is C16H18BrN3O. The third-order valence-electron chi connectivity index (χ3n) is 3.24. The highest BCUT2D eigenvalue weighted by Gasteiger charge is 2.13. The number of amidine groups is 1. The summed E-state index contributed by atoms with van der Waals surface area (Å²) in [6.45, 7) is 2.04. The van der Waals surface area contributed by atoms with E-state index >= 15 is 0 Å². The Balaban J connectivity index is 2.25. The minimum atomic E-state index is -0.0531. The van der Waals surface area contributed by atoms with E-state index in [0.717, 1.165) is 21.3 Å². The summed E-state index contributed by atoms with van der Waals surface area (Å²) < 4.78 is 1.07. The summed E-state index contributed by atoms with van der Waals surface area (Å²) in [7, 11) is 0. The van der Waals surface area contributed by atoms with E-state index in [1.165, 1.54) is 0 Å². The van der Waals surface area contributed by atoms with Gasteiger partial charge in [-0.05, 0) is 36.2 Å². The topological polar surface area (TPSA) is 70.6 Å². The molecule has 0 heterocycles. The molecule has 0 aliphatic heterocycles. The van der Waals surface area contributed by atoms with Crippen LogP contribution in [-0.2, 0) is 0 Å². The van der Waals surface area contributed by atoms with Crippen LogP contribution in [0.3, 0.4) is 0 Å². The first-order valence-electron chi connectivity index (χ1n) is 6.64. The van der Waals surface area contributed by atoms with Crippen molar-refractivity contribution in [2.75, 3.05) is 5.32 Å². The van der Waals surface area contributed by atoms with Crippen molar-refractivity contribution >= 4 is 27.5 Å². The van der Waals surface area contributed by atoms with Gasteiger partial charge in [-0.1, -0.05) is 51.4 Å². The Morgan fingerprint density at radius 3 is 2.62 bits per heavy atom. The predicted octanol–water partition coefficient (Wildman–Crippen LogP) is 4.05. The maximum Gasteiger partial charge on any atom is 0.141 e. The molecule has 0 amide bonds. The molecule has 110 valence electrons. The van der Waals surface area contributed by atoms with Gasteiger partial charge in [-0.15, -0.1) is 0 Å². The van der Waals surface area contributed by atoms with Crippen LogP contribution in [0.25, 0.3) is 0 Å². The normalized spacial score (nSPS) is 13.0. The van der Waals surface area contributed by atoms with Crippen molar-refractivity contribution in [2.45, 2.75) is 19.4 Å². The lowest BCUT2D eigenvalue weighted by molar-refractivity contribution is 0.316. The monoisotopic (exact) mass is 347 g/mol. The number of aryl methyl sites for hydroxylation is 1. The zero-order valence-corrected chi connectivity index (χ0v) is 13.3. The number of anilines is 1. The second-order valence-corrected chi connectivity index (χ2v) is 5.72. The van der Waals surface area contributed by atoms with Crippen LogP contribution in [0.4, 0.5) is 5.69 Å². The summed E-state index contributed by atoms with van der Waals surface area (Å²) in [5.74, 6) is 0.199. The van der Waals surface area contributed by atoms with Gasteiger partial charge in [0.15, 0.2) is 0 Å². The molecule has 2 rings (SSSR count). The summed E-state index contributed by atoms with van der Waals surface area (Å²) >= 11 is 3.49. The quantitative estimate of drug-likeness (QED) is 0.330. The first-order chi connectivity index (χ1) is 10.1. The van der Waals surface area contributed by atoms with Crippen molar-refractivity contribution in [3.05, 3.63) is 64.1 Å². The molecule has 0 saturated carbocycles. The average Bonchev–Trinajstić information content (AvgIpc) is 2.51. The van der Waals surface area contributed by atoms with E-state index in [1.54, 1.807) is 0 Å². The number of halogens is 1. The Labute approximate surface area is 132 Å². The molecule has 0 spiro atoms. The lowest BCUT2D eigenvalue weighted by Gasteiger charge is -2.20. The number of hydrogen-bond acceptors (Lipinski definition) is 3. The van der Waals surface area contributed by atoms with Gasteiger partial charge in [-0.25, -0.2) is 0 Å². The van der Waals surface area contributed by atoms with Crippen LogP contribution in [0.2, 0.25) is 0 Å². The minimum Gasteiger partial charge on any atom is -0.409 e. The number of oxime groups is 1. The van der Waals surface area contributed by atoms with Gasteiger partial charge < -0.3 is 16.3 Å². The number of benzene rings is 2. The summed E-state index contributed by atoms with van der Waals surface area (Å²) in [6.07, 6.45) is 0.426. The maximum absolute atomic E-state index is 8.81. The Kier molecular flexibility index (Phi) is 5.22. The molecule has 0 aliphatic carbocycles. The second kappa shape index (κ2) is 7.13. The molecule has 4 N–H and O–H groups in total. The van der Waals surface area contributed by atoms with Gasteiger partial charge in [0, 0.05) is 16.6 Å². The smallest absolute Gasteiger partial charge is 0.141 e. The van der Waals surface area contributed by atoms with Gasteiger partial charge in [0.2, 0.25) is 0 Å².